The van der Waals surface area contributed by atoms with Gasteiger partial charge in [0.1, 0.15) is 11.5 Å². The molecule has 0 aliphatic carbocycles. The van der Waals surface area contributed by atoms with E-state index in [1.54, 1.807) is 31.4 Å². The van der Waals surface area contributed by atoms with Crippen LogP contribution in [0.2, 0.25) is 0 Å². The van der Waals surface area contributed by atoms with Gasteiger partial charge in [0.15, 0.2) is 5.01 Å². The predicted molar refractivity (Wildman–Crippen MR) is 102 cm³/mol. The number of amides is 2. The molecule has 2 N–H and O–H groups in total. The van der Waals surface area contributed by atoms with Gasteiger partial charge in [-0.25, -0.2) is 4.79 Å². The highest BCUT2D eigenvalue weighted by atomic mass is 32.1. The van der Waals surface area contributed by atoms with Crippen molar-refractivity contribution in [2.45, 2.75) is 6.92 Å². The predicted octanol–water partition coefficient (Wildman–Crippen LogP) is 4.26. The van der Waals surface area contributed by atoms with E-state index in [1.807, 2.05) is 31.2 Å². The highest BCUT2D eigenvalue weighted by molar-refractivity contribution is 7.18. The second-order valence-electron chi connectivity index (χ2n) is 5.15. The third-order valence-corrected chi connectivity index (χ3v) is 4.28. The molecule has 26 heavy (non-hydrogen) atoms. The molecule has 3 rings (SSSR count). The molecule has 3 aromatic rings. The standard InChI is InChI=1S/C18H18N4O3S/c1-3-25-13-10-8-12(9-11-13)19-17(23)20-18-22-21-16(26-18)14-6-4-5-7-15(14)24-2/h4-11H,3H2,1-2H3,(H2,19,20,22,23). The van der Waals surface area contributed by atoms with Gasteiger partial charge in [-0.2, -0.15) is 0 Å². The van der Waals surface area contributed by atoms with Gasteiger partial charge >= 0.3 is 6.03 Å². The second-order valence-corrected chi connectivity index (χ2v) is 6.13. The molecule has 2 amide bonds. The highest BCUT2D eigenvalue weighted by Crippen LogP contribution is 2.33. The third-order valence-electron chi connectivity index (χ3n) is 3.41. The Morgan fingerprint density at radius 3 is 2.58 bits per heavy atom. The molecule has 0 fully saturated rings. The summed E-state index contributed by atoms with van der Waals surface area (Å²) in [5, 5.41) is 14.6. The molecule has 7 nitrogen and oxygen atoms in total. The quantitative estimate of drug-likeness (QED) is 0.677. The number of nitrogens with one attached hydrogen (secondary N) is 2. The number of aromatic nitrogens is 2. The molecule has 0 bridgehead atoms. The van der Waals surface area contributed by atoms with Crippen LogP contribution in [0.3, 0.4) is 0 Å². The van der Waals surface area contributed by atoms with E-state index in [9.17, 15) is 4.79 Å². The fourth-order valence-corrected chi connectivity index (χ4v) is 3.03. The molecule has 1 aromatic heterocycles. The Kier molecular flexibility index (Phi) is 5.65. The molecule has 0 saturated carbocycles. The van der Waals surface area contributed by atoms with Crippen LogP contribution in [0.25, 0.3) is 10.6 Å². The zero-order valence-electron chi connectivity index (χ0n) is 14.4. The van der Waals surface area contributed by atoms with Crippen molar-refractivity contribution in [1.29, 1.82) is 0 Å². The van der Waals surface area contributed by atoms with E-state index in [2.05, 4.69) is 20.8 Å². The number of carbonyl (C=O) groups is 1. The first-order chi connectivity index (χ1) is 12.7. The Bertz CT molecular complexity index is 880. The molecule has 0 saturated heterocycles. The minimum Gasteiger partial charge on any atom is -0.496 e. The summed E-state index contributed by atoms with van der Waals surface area (Å²) in [5.41, 5.74) is 1.48. The van der Waals surface area contributed by atoms with E-state index < -0.39 is 6.03 Å². The topological polar surface area (TPSA) is 85.4 Å². The molecule has 1 heterocycles. The maximum atomic E-state index is 12.1. The SMILES string of the molecule is CCOc1ccc(NC(=O)Nc2nnc(-c3ccccc3OC)s2)cc1. The third kappa shape index (κ3) is 4.28. The summed E-state index contributed by atoms with van der Waals surface area (Å²) >= 11 is 1.27. The van der Waals surface area contributed by atoms with Crippen LogP contribution >= 0.6 is 11.3 Å². The zero-order chi connectivity index (χ0) is 18.4. The van der Waals surface area contributed by atoms with Crippen LogP contribution < -0.4 is 20.1 Å². The second kappa shape index (κ2) is 8.30. The fraction of sp³-hybridized carbons (Fsp3) is 0.167. The number of ether oxygens (including phenoxy) is 2. The number of anilines is 2. The number of methoxy groups -OCH3 is 1. The Balaban J connectivity index is 1.64. The van der Waals surface area contributed by atoms with E-state index in [0.717, 1.165) is 11.3 Å². The minimum atomic E-state index is -0.392. The van der Waals surface area contributed by atoms with Crippen LogP contribution in [0.1, 0.15) is 6.92 Å². The molecular weight excluding hydrogens is 352 g/mol. The first kappa shape index (κ1) is 17.7. The van der Waals surface area contributed by atoms with Crippen LogP contribution in [0.15, 0.2) is 48.5 Å². The average molecular weight is 370 g/mol. The largest absolute Gasteiger partial charge is 0.496 e. The van der Waals surface area contributed by atoms with Gasteiger partial charge in [0.25, 0.3) is 0 Å². The summed E-state index contributed by atoms with van der Waals surface area (Å²) in [4.78, 5) is 12.1. The summed E-state index contributed by atoms with van der Waals surface area (Å²) in [7, 11) is 1.60. The number of nitrogens with zero attached hydrogens (tertiary/aromatic N) is 2. The van der Waals surface area contributed by atoms with Gasteiger partial charge in [0.05, 0.1) is 19.3 Å². The van der Waals surface area contributed by atoms with Crippen molar-refractivity contribution in [3.05, 3.63) is 48.5 Å². The van der Waals surface area contributed by atoms with Crippen LogP contribution in [0, 0.1) is 0 Å². The molecule has 0 unspecified atom stereocenters. The van der Waals surface area contributed by atoms with E-state index in [4.69, 9.17) is 9.47 Å². The number of urea groups is 1. The molecule has 8 heteroatoms. The van der Waals surface area contributed by atoms with Gasteiger partial charge < -0.3 is 14.8 Å². The van der Waals surface area contributed by atoms with Crippen molar-refractivity contribution in [3.8, 4) is 22.1 Å². The van der Waals surface area contributed by atoms with E-state index in [0.29, 0.717) is 28.2 Å². The maximum Gasteiger partial charge on any atom is 0.325 e. The summed E-state index contributed by atoms with van der Waals surface area (Å²) in [6.45, 7) is 2.51. The van der Waals surface area contributed by atoms with Crippen molar-refractivity contribution in [2.24, 2.45) is 0 Å². The van der Waals surface area contributed by atoms with Gasteiger partial charge in [-0.15, -0.1) is 10.2 Å². The molecule has 0 spiro atoms. The molecular formula is C18H18N4O3S. The lowest BCUT2D eigenvalue weighted by atomic mass is 10.2. The summed E-state index contributed by atoms with van der Waals surface area (Å²) in [6.07, 6.45) is 0. The van der Waals surface area contributed by atoms with E-state index >= 15 is 0 Å². The van der Waals surface area contributed by atoms with Crippen molar-refractivity contribution in [3.63, 3.8) is 0 Å². The van der Waals surface area contributed by atoms with Crippen molar-refractivity contribution < 1.29 is 14.3 Å². The van der Waals surface area contributed by atoms with Gasteiger partial charge in [0, 0.05) is 5.69 Å². The van der Waals surface area contributed by atoms with Crippen LogP contribution in [-0.2, 0) is 0 Å². The minimum absolute atomic E-state index is 0.392. The number of carbonyl (C=O) groups excluding carboxylic acids is 1. The molecule has 0 radical (unpaired) electrons. The summed E-state index contributed by atoms with van der Waals surface area (Å²) in [6, 6.07) is 14.3. The van der Waals surface area contributed by atoms with Gasteiger partial charge in [0.2, 0.25) is 5.13 Å². The molecule has 0 atom stereocenters. The summed E-state index contributed by atoms with van der Waals surface area (Å²) < 4.78 is 10.7. The van der Waals surface area contributed by atoms with Crippen molar-refractivity contribution >= 4 is 28.2 Å². The number of hydrogen-bond donors (Lipinski definition) is 2. The highest BCUT2D eigenvalue weighted by Gasteiger charge is 2.13. The van der Waals surface area contributed by atoms with Gasteiger partial charge in [-0.1, -0.05) is 23.5 Å². The first-order valence-electron chi connectivity index (χ1n) is 7.97. The molecule has 134 valence electrons. The number of benzene rings is 2. The van der Waals surface area contributed by atoms with Crippen LogP contribution in [0.4, 0.5) is 15.6 Å². The monoisotopic (exact) mass is 370 g/mol. The van der Waals surface area contributed by atoms with Gasteiger partial charge in [-0.05, 0) is 43.3 Å². The summed E-state index contributed by atoms with van der Waals surface area (Å²) in [5.74, 6) is 1.46. The zero-order valence-corrected chi connectivity index (χ0v) is 15.2. The maximum absolute atomic E-state index is 12.1. The van der Waals surface area contributed by atoms with Crippen molar-refractivity contribution in [2.75, 3.05) is 24.4 Å². The lowest BCUT2D eigenvalue weighted by molar-refractivity contribution is 0.262. The number of hydrogen-bond acceptors (Lipinski definition) is 6. The molecule has 2 aromatic carbocycles. The Morgan fingerprint density at radius 1 is 1.08 bits per heavy atom. The van der Waals surface area contributed by atoms with Gasteiger partial charge in [-0.3, -0.25) is 5.32 Å². The Morgan fingerprint density at radius 2 is 1.85 bits per heavy atom. The average Bonchev–Trinajstić information content (AvgIpc) is 3.11. The Labute approximate surface area is 155 Å². The van der Waals surface area contributed by atoms with E-state index in [1.165, 1.54) is 11.3 Å². The lowest BCUT2D eigenvalue weighted by Crippen LogP contribution is -2.19. The normalized spacial score (nSPS) is 10.2. The fourth-order valence-electron chi connectivity index (χ4n) is 2.26. The smallest absolute Gasteiger partial charge is 0.325 e. The van der Waals surface area contributed by atoms with Crippen LogP contribution in [0.5, 0.6) is 11.5 Å². The first-order valence-corrected chi connectivity index (χ1v) is 8.79. The molecule has 0 aliphatic heterocycles. The molecule has 0 aliphatic rings. The van der Waals surface area contributed by atoms with Crippen LogP contribution in [-0.4, -0.2) is 29.9 Å². The number of para-hydroxylation sites is 1. The van der Waals surface area contributed by atoms with Crippen molar-refractivity contribution in [1.82, 2.24) is 10.2 Å². The lowest BCUT2D eigenvalue weighted by Gasteiger charge is -2.07. The van der Waals surface area contributed by atoms with E-state index in [-0.39, 0.29) is 0 Å². The number of rotatable bonds is 6. The Hall–Kier alpha value is -3.13.